The number of rotatable bonds is 10. The van der Waals surface area contributed by atoms with Crippen LogP contribution >= 0.6 is 11.3 Å². The molecule has 2 amide bonds. The minimum Gasteiger partial charge on any atom is -0.481 e. The minimum atomic E-state index is -0.845. The van der Waals surface area contributed by atoms with Crippen LogP contribution in [0.2, 0.25) is 0 Å². The van der Waals surface area contributed by atoms with Crippen molar-refractivity contribution >= 4 is 34.4 Å². The number of anilines is 1. The number of thiazole rings is 1. The number of ether oxygens (including phenoxy) is 1. The number of hydrogen-bond donors (Lipinski definition) is 3. The Bertz CT molecular complexity index is 1180. The Balaban J connectivity index is 1.25. The number of nitrogens with zero attached hydrogens (tertiary/aromatic N) is 1. The number of carboxylic acids is 1. The summed E-state index contributed by atoms with van der Waals surface area (Å²) in [7, 11) is 0. The largest absolute Gasteiger partial charge is 0.481 e. The van der Waals surface area contributed by atoms with Gasteiger partial charge in [0.25, 0.3) is 0 Å². The molecule has 4 rings (SSSR count). The molecular formula is C26H27N3O5S. The number of nitrogens with one attached hydrogen (secondary N) is 2. The van der Waals surface area contributed by atoms with Crippen LogP contribution in [0.5, 0.6) is 0 Å². The fourth-order valence-corrected chi connectivity index (χ4v) is 4.95. The van der Waals surface area contributed by atoms with Gasteiger partial charge >= 0.3 is 12.1 Å². The number of aromatic nitrogens is 1. The number of benzene rings is 2. The van der Waals surface area contributed by atoms with Gasteiger partial charge in [-0.1, -0.05) is 55.5 Å². The summed E-state index contributed by atoms with van der Waals surface area (Å²) in [6, 6.07) is 16.3. The van der Waals surface area contributed by atoms with E-state index in [0.29, 0.717) is 23.8 Å². The molecule has 1 aromatic heterocycles. The Morgan fingerprint density at radius 2 is 1.74 bits per heavy atom. The number of aliphatic carboxylic acids is 1. The van der Waals surface area contributed by atoms with Crippen molar-refractivity contribution in [2.75, 3.05) is 18.5 Å². The lowest BCUT2D eigenvalue weighted by molar-refractivity contribution is -0.138. The Labute approximate surface area is 207 Å². The summed E-state index contributed by atoms with van der Waals surface area (Å²) in [5.41, 5.74) is 5.15. The number of carboxylic acid groups (broad SMARTS) is 1. The third-order valence-corrected chi connectivity index (χ3v) is 6.74. The van der Waals surface area contributed by atoms with E-state index in [2.05, 4.69) is 39.9 Å². The molecule has 1 heterocycles. The molecule has 0 bridgehead atoms. The maximum absolute atomic E-state index is 12.4. The molecule has 3 aromatic rings. The van der Waals surface area contributed by atoms with Crippen LogP contribution < -0.4 is 10.6 Å². The molecule has 1 atom stereocenters. The van der Waals surface area contributed by atoms with Crippen LogP contribution in [0.25, 0.3) is 11.1 Å². The number of amides is 2. The summed E-state index contributed by atoms with van der Waals surface area (Å²) in [6.45, 7) is 2.45. The highest BCUT2D eigenvalue weighted by Gasteiger charge is 2.29. The van der Waals surface area contributed by atoms with Gasteiger partial charge in [-0.05, 0) is 34.6 Å². The van der Waals surface area contributed by atoms with Crippen LogP contribution in [0, 0.1) is 5.92 Å². The first-order valence-electron chi connectivity index (χ1n) is 11.5. The third kappa shape index (κ3) is 6.24. The normalized spacial score (nSPS) is 12.9. The maximum atomic E-state index is 12.4. The van der Waals surface area contributed by atoms with Crippen LogP contribution in [0.15, 0.2) is 53.9 Å². The van der Waals surface area contributed by atoms with Gasteiger partial charge in [0.15, 0.2) is 5.13 Å². The van der Waals surface area contributed by atoms with Crippen molar-refractivity contribution in [1.29, 1.82) is 0 Å². The van der Waals surface area contributed by atoms with Crippen molar-refractivity contribution < 1.29 is 24.2 Å². The molecule has 0 spiro atoms. The zero-order valence-corrected chi connectivity index (χ0v) is 20.1. The summed E-state index contributed by atoms with van der Waals surface area (Å²) in [6.07, 6.45) is 0.150. The molecule has 8 nitrogen and oxygen atoms in total. The van der Waals surface area contributed by atoms with Gasteiger partial charge in [-0.25, -0.2) is 9.78 Å². The lowest BCUT2D eigenvalue weighted by atomic mass is 9.98. The highest BCUT2D eigenvalue weighted by atomic mass is 32.1. The van der Waals surface area contributed by atoms with Crippen molar-refractivity contribution in [2.24, 2.45) is 5.92 Å². The molecule has 182 valence electrons. The smallest absolute Gasteiger partial charge is 0.413 e. The molecule has 0 aliphatic heterocycles. The average molecular weight is 494 g/mol. The van der Waals surface area contributed by atoms with Crippen molar-refractivity contribution in [2.45, 2.75) is 32.1 Å². The predicted octanol–water partition coefficient (Wildman–Crippen LogP) is 4.66. The Hall–Kier alpha value is -3.72. The SMILES string of the molecule is CC(CCNC(=O)Cc1csc(NC(=O)OCC2c3ccccc3-c3ccccc32)n1)CC(=O)O. The summed E-state index contributed by atoms with van der Waals surface area (Å²) in [5.74, 6) is -1.09. The standard InChI is InChI=1S/C26H27N3O5S/c1-16(12-24(31)32)10-11-27-23(30)13-17-15-35-25(28-17)29-26(33)34-14-22-20-8-4-2-6-18(20)19-7-3-5-9-21(19)22/h2-9,15-16,22H,10-14H2,1H3,(H,27,30)(H,31,32)(H,28,29,33). The van der Waals surface area contributed by atoms with Gasteiger partial charge in [0.1, 0.15) is 6.61 Å². The fourth-order valence-electron chi connectivity index (χ4n) is 4.25. The summed E-state index contributed by atoms with van der Waals surface area (Å²) in [4.78, 5) is 39.5. The molecule has 0 radical (unpaired) electrons. The zero-order chi connectivity index (χ0) is 24.8. The first kappa shape index (κ1) is 24.4. The van der Waals surface area contributed by atoms with E-state index in [1.807, 2.05) is 31.2 Å². The number of carbonyl (C=O) groups excluding carboxylic acids is 2. The van der Waals surface area contributed by atoms with Gasteiger partial charge in [-0.2, -0.15) is 0 Å². The molecule has 9 heteroatoms. The maximum Gasteiger partial charge on any atom is 0.413 e. The topological polar surface area (TPSA) is 118 Å². The molecule has 1 aliphatic carbocycles. The quantitative estimate of drug-likeness (QED) is 0.378. The first-order chi connectivity index (χ1) is 16.9. The minimum absolute atomic E-state index is 0.0138. The predicted molar refractivity (Wildman–Crippen MR) is 134 cm³/mol. The molecule has 2 aromatic carbocycles. The highest BCUT2D eigenvalue weighted by Crippen LogP contribution is 2.44. The fraction of sp³-hybridized carbons (Fsp3) is 0.308. The highest BCUT2D eigenvalue weighted by molar-refractivity contribution is 7.13. The second-order valence-electron chi connectivity index (χ2n) is 8.61. The average Bonchev–Trinajstić information content (AvgIpc) is 3.39. The van der Waals surface area contributed by atoms with E-state index in [1.165, 1.54) is 11.3 Å². The lowest BCUT2D eigenvalue weighted by Gasteiger charge is -2.14. The molecule has 0 saturated heterocycles. The molecule has 1 unspecified atom stereocenters. The molecule has 0 saturated carbocycles. The van der Waals surface area contributed by atoms with Gasteiger partial charge in [0, 0.05) is 24.3 Å². The Morgan fingerprint density at radius 3 is 2.40 bits per heavy atom. The van der Waals surface area contributed by atoms with Crippen LogP contribution in [-0.4, -0.2) is 41.2 Å². The lowest BCUT2D eigenvalue weighted by Crippen LogP contribution is -2.27. The van der Waals surface area contributed by atoms with E-state index in [-0.39, 0.29) is 37.2 Å². The van der Waals surface area contributed by atoms with Crippen molar-refractivity contribution in [3.8, 4) is 11.1 Å². The number of carbonyl (C=O) groups is 3. The van der Waals surface area contributed by atoms with E-state index in [9.17, 15) is 14.4 Å². The summed E-state index contributed by atoms with van der Waals surface area (Å²) in [5, 5.41) is 16.3. The van der Waals surface area contributed by atoms with Crippen LogP contribution in [0.3, 0.4) is 0 Å². The van der Waals surface area contributed by atoms with Crippen molar-refractivity contribution in [1.82, 2.24) is 10.3 Å². The van der Waals surface area contributed by atoms with Gasteiger partial charge in [0.2, 0.25) is 5.91 Å². The molecule has 3 N–H and O–H groups in total. The van der Waals surface area contributed by atoms with E-state index < -0.39 is 12.1 Å². The van der Waals surface area contributed by atoms with E-state index in [0.717, 1.165) is 22.3 Å². The Kier molecular flexibility index (Phi) is 7.77. The summed E-state index contributed by atoms with van der Waals surface area (Å²) < 4.78 is 5.53. The molecule has 35 heavy (non-hydrogen) atoms. The number of hydrogen-bond acceptors (Lipinski definition) is 6. The second-order valence-corrected chi connectivity index (χ2v) is 9.47. The summed E-state index contributed by atoms with van der Waals surface area (Å²) >= 11 is 1.22. The van der Waals surface area contributed by atoms with Gasteiger partial charge < -0.3 is 15.2 Å². The molecular weight excluding hydrogens is 466 g/mol. The van der Waals surface area contributed by atoms with Crippen molar-refractivity contribution in [3.63, 3.8) is 0 Å². The van der Waals surface area contributed by atoms with Gasteiger partial charge in [-0.15, -0.1) is 11.3 Å². The number of fused-ring (bicyclic) bond motifs is 3. The molecule has 0 fully saturated rings. The third-order valence-electron chi connectivity index (χ3n) is 5.93. The monoisotopic (exact) mass is 493 g/mol. The zero-order valence-electron chi connectivity index (χ0n) is 19.3. The first-order valence-corrected chi connectivity index (χ1v) is 12.3. The van der Waals surface area contributed by atoms with Gasteiger partial charge in [-0.3, -0.25) is 14.9 Å². The van der Waals surface area contributed by atoms with E-state index in [4.69, 9.17) is 9.84 Å². The van der Waals surface area contributed by atoms with Crippen LogP contribution in [0.4, 0.5) is 9.93 Å². The van der Waals surface area contributed by atoms with E-state index >= 15 is 0 Å². The Morgan fingerprint density at radius 1 is 1.09 bits per heavy atom. The molecule has 1 aliphatic rings. The van der Waals surface area contributed by atoms with E-state index in [1.54, 1.807) is 5.38 Å². The van der Waals surface area contributed by atoms with Crippen LogP contribution in [0.1, 0.15) is 42.5 Å². The van der Waals surface area contributed by atoms with Crippen molar-refractivity contribution in [3.05, 3.63) is 70.7 Å². The second kappa shape index (κ2) is 11.1. The van der Waals surface area contributed by atoms with Gasteiger partial charge in [0.05, 0.1) is 12.1 Å². The van der Waals surface area contributed by atoms with Crippen LogP contribution in [-0.2, 0) is 20.7 Å².